The number of nitrogen functional groups attached to an aromatic ring is 1. The van der Waals surface area contributed by atoms with Crippen molar-refractivity contribution in [3.63, 3.8) is 0 Å². The van der Waals surface area contributed by atoms with Gasteiger partial charge in [0, 0.05) is 12.1 Å². The number of nitrogens with two attached hydrogens (primary N) is 1. The van der Waals surface area contributed by atoms with Gasteiger partial charge in [-0.25, -0.2) is 24.6 Å². The number of anilines is 1. The topological polar surface area (TPSA) is 269 Å². The van der Waals surface area contributed by atoms with Gasteiger partial charge in [-0.2, -0.15) is 4.31 Å². The number of hydrogen-bond donors (Lipinski definition) is 8. The highest BCUT2D eigenvalue weighted by Crippen LogP contribution is 2.58. The highest BCUT2D eigenvalue weighted by Gasteiger charge is 2.54. The Morgan fingerprint density at radius 2 is 2.06 bits per heavy atom. The summed E-state index contributed by atoms with van der Waals surface area (Å²) in [6, 6.07) is 0. The Balaban J connectivity index is 1.95. The summed E-state index contributed by atoms with van der Waals surface area (Å²) >= 11 is 0. The third-order valence-electron chi connectivity index (χ3n) is 4.67. The fourth-order valence-electron chi connectivity index (χ4n) is 3.24. The number of phosphoric ester groups is 1. The van der Waals surface area contributed by atoms with Gasteiger partial charge in [0.1, 0.15) is 35.6 Å². The first kappa shape index (κ1) is 26.2. The number of rotatable bonds is 6. The van der Waals surface area contributed by atoms with Crippen molar-refractivity contribution in [2.75, 3.05) is 12.3 Å². The molecule has 0 aliphatic carbocycles. The van der Waals surface area contributed by atoms with E-state index in [2.05, 4.69) is 30.6 Å². The lowest BCUT2D eigenvalue weighted by molar-refractivity contribution is -0.123. The largest absolute Gasteiger partial charge is 0.481 e. The van der Waals surface area contributed by atoms with Crippen molar-refractivity contribution in [2.24, 2.45) is 0 Å². The summed E-state index contributed by atoms with van der Waals surface area (Å²) in [4.78, 5) is 45.9. The van der Waals surface area contributed by atoms with Crippen molar-refractivity contribution in [1.29, 1.82) is 0 Å². The zero-order valence-electron chi connectivity index (χ0n) is 17.0. The van der Waals surface area contributed by atoms with Crippen LogP contribution in [-0.4, -0.2) is 75.0 Å². The van der Waals surface area contributed by atoms with Gasteiger partial charge in [0.2, 0.25) is 0 Å². The van der Waals surface area contributed by atoms with Crippen molar-refractivity contribution in [1.82, 2.24) is 20.0 Å². The molecule has 17 nitrogen and oxygen atoms in total. The molecular formula is C15H19N5O12P2. The number of aliphatic hydroxyl groups is 2. The second-order valence-electron chi connectivity index (χ2n) is 7.13. The fraction of sp³-hybridized carbons (Fsp3) is 0.400. The van der Waals surface area contributed by atoms with Crippen LogP contribution in [0.15, 0.2) is 12.5 Å². The number of fused-ring (bicyclic) bond motifs is 1. The maximum absolute atomic E-state index is 11.7. The zero-order valence-corrected chi connectivity index (χ0v) is 18.8. The predicted molar refractivity (Wildman–Crippen MR) is 108 cm³/mol. The molecule has 1 aliphatic rings. The quantitative estimate of drug-likeness (QED) is 0.0889. The number of ether oxygens (including phenoxy) is 1. The molecule has 1 amide bonds. The molecule has 1 saturated heterocycles. The lowest BCUT2D eigenvalue weighted by atomic mass is 9.96. The van der Waals surface area contributed by atoms with E-state index >= 15 is 0 Å². The number of aromatic nitrogens is 3. The molecule has 2 aromatic heterocycles. The van der Waals surface area contributed by atoms with Crippen LogP contribution in [-0.2, 0) is 27.5 Å². The number of nitrogens with zero attached hydrogens (tertiary/aromatic N) is 3. The summed E-state index contributed by atoms with van der Waals surface area (Å²) in [5.74, 6) is 3.46. The van der Waals surface area contributed by atoms with Gasteiger partial charge in [0.05, 0.1) is 17.6 Å². The summed E-state index contributed by atoms with van der Waals surface area (Å²) in [5.41, 5.74) is 5.31. The lowest BCUT2D eigenvalue weighted by Crippen LogP contribution is -2.44. The maximum atomic E-state index is 11.7. The number of phosphoric acid groups is 2. The standard InChI is InChI=1S/C15H19N5O12P2/c1-15(23)11(22)8(5-30-34(28,29)32-33(25,26)27)31-14(15)20-4-7(2-3-9(21)19-24)10-12(16)17-6-18-13(10)20/h4,6,8,11,14,22-24H,5H2,1H3,(H,19,21)(H,28,29)(H2,16,17,18)(H2,25,26,27)/t8-,11-,14-,15-/m1/s1. The van der Waals surface area contributed by atoms with E-state index in [0.717, 1.165) is 6.33 Å². The minimum absolute atomic E-state index is 0.0497. The second kappa shape index (κ2) is 9.30. The molecule has 9 N–H and O–H groups in total. The molecule has 3 heterocycles. The third-order valence-corrected chi connectivity index (χ3v) is 6.82. The molecule has 0 saturated carbocycles. The van der Waals surface area contributed by atoms with E-state index < -0.39 is 52.2 Å². The number of hydrogen-bond acceptors (Lipinski definition) is 12. The summed E-state index contributed by atoms with van der Waals surface area (Å²) in [6.07, 6.45) is -2.27. The van der Waals surface area contributed by atoms with Gasteiger partial charge in [0.25, 0.3) is 0 Å². The average molecular weight is 523 g/mol. The Labute approximate surface area is 189 Å². The van der Waals surface area contributed by atoms with E-state index in [1.807, 2.05) is 0 Å². The van der Waals surface area contributed by atoms with Crippen LogP contribution in [0.5, 0.6) is 0 Å². The van der Waals surface area contributed by atoms with Crippen LogP contribution >= 0.6 is 15.6 Å². The van der Waals surface area contributed by atoms with Gasteiger partial charge >= 0.3 is 21.6 Å². The minimum atomic E-state index is -5.37. The molecule has 186 valence electrons. The van der Waals surface area contributed by atoms with Crippen LogP contribution in [0.4, 0.5) is 5.82 Å². The number of carbonyl (C=O) groups is 1. The van der Waals surface area contributed by atoms with Crippen LogP contribution in [0.25, 0.3) is 11.0 Å². The monoisotopic (exact) mass is 523 g/mol. The Hall–Kier alpha value is -2.45. The molecule has 34 heavy (non-hydrogen) atoms. The van der Waals surface area contributed by atoms with Gasteiger partial charge in [-0.15, -0.1) is 0 Å². The normalized spacial score (nSPS) is 26.6. The highest BCUT2D eigenvalue weighted by atomic mass is 31.3. The molecule has 0 radical (unpaired) electrons. The summed E-state index contributed by atoms with van der Waals surface area (Å²) < 4.78 is 37.4. The number of carbonyl (C=O) groups excluding carboxylic acids is 1. The van der Waals surface area contributed by atoms with E-state index in [9.17, 15) is 29.0 Å². The van der Waals surface area contributed by atoms with Crippen LogP contribution in [0.3, 0.4) is 0 Å². The third kappa shape index (κ3) is 5.44. The Bertz CT molecular complexity index is 1260. The number of nitrogens with one attached hydrogen (secondary N) is 1. The van der Waals surface area contributed by atoms with Crippen LogP contribution in [0.2, 0.25) is 0 Å². The fourth-order valence-corrected chi connectivity index (χ4v) is 4.84. The molecule has 0 bridgehead atoms. The molecule has 1 fully saturated rings. The first-order chi connectivity index (χ1) is 15.7. The number of aliphatic hydroxyl groups excluding tert-OH is 1. The highest BCUT2D eigenvalue weighted by molar-refractivity contribution is 7.60. The van der Waals surface area contributed by atoms with Crippen LogP contribution in [0.1, 0.15) is 18.7 Å². The molecule has 0 aromatic carbocycles. The smallest absolute Gasteiger partial charge is 0.387 e. The Morgan fingerprint density at radius 3 is 2.68 bits per heavy atom. The van der Waals surface area contributed by atoms with Crippen molar-refractivity contribution >= 4 is 38.4 Å². The van der Waals surface area contributed by atoms with Gasteiger partial charge in [-0.3, -0.25) is 14.5 Å². The molecule has 5 atom stereocenters. The molecule has 1 aliphatic heterocycles. The van der Waals surface area contributed by atoms with Gasteiger partial charge in [-0.1, -0.05) is 5.92 Å². The molecule has 0 spiro atoms. The number of hydroxylamine groups is 1. The summed E-state index contributed by atoms with van der Waals surface area (Å²) in [5, 5.41) is 30.2. The average Bonchev–Trinajstić information content (AvgIpc) is 3.19. The van der Waals surface area contributed by atoms with E-state index in [1.54, 1.807) is 0 Å². The molecule has 19 heteroatoms. The van der Waals surface area contributed by atoms with E-state index in [1.165, 1.54) is 23.2 Å². The van der Waals surface area contributed by atoms with E-state index in [-0.39, 0.29) is 22.4 Å². The molecule has 1 unspecified atom stereocenters. The van der Waals surface area contributed by atoms with E-state index in [0.29, 0.717) is 0 Å². The summed E-state index contributed by atoms with van der Waals surface area (Å²) in [7, 11) is -10.6. The van der Waals surface area contributed by atoms with Crippen molar-refractivity contribution in [2.45, 2.75) is 31.0 Å². The SMILES string of the molecule is C[C@@]1(O)[C@H](O)[C@@H](COP(=O)(O)OP(=O)(O)O)O[C@H]1n1cc(C#CC(=O)NO)c2c(N)ncnc21. The Morgan fingerprint density at radius 1 is 1.38 bits per heavy atom. The Kier molecular flexibility index (Phi) is 7.16. The van der Waals surface area contributed by atoms with Crippen LogP contribution in [0, 0.1) is 11.8 Å². The maximum Gasteiger partial charge on any atom is 0.481 e. The zero-order chi connectivity index (χ0) is 25.5. The van der Waals surface area contributed by atoms with Crippen LogP contribution < -0.4 is 11.2 Å². The first-order valence-corrected chi connectivity index (χ1v) is 12.1. The van der Waals surface area contributed by atoms with E-state index in [4.69, 9.17) is 25.5 Å². The van der Waals surface area contributed by atoms with Gasteiger partial charge < -0.3 is 39.9 Å². The van der Waals surface area contributed by atoms with Crippen molar-refractivity contribution in [3.8, 4) is 11.8 Å². The molecule has 3 rings (SSSR count). The van der Waals surface area contributed by atoms with Gasteiger partial charge in [0.15, 0.2) is 6.23 Å². The molecular weight excluding hydrogens is 504 g/mol. The molecule has 2 aromatic rings. The van der Waals surface area contributed by atoms with Gasteiger partial charge in [-0.05, 0) is 6.92 Å². The van der Waals surface area contributed by atoms with Crippen molar-refractivity contribution < 1.29 is 57.6 Å². The summed E-state index contributed by atoms with van der Waals surface area (Å²) in [6.45, 7) is 0.259. The minimum Gasteiger partial charge on any atom is -0.387 e. The second-order valence-corrected chi connectivity index (χ2v) is 9.96. The number of amides is 1. The predicted octanol–water partition coefficient (Wildman–Crippen LogP) is -1.89. The lowest BCUT2D eigenvalue weighted by Gasteiger charge is -2.27. The van der Waals surface area contributed by atoms with Crippen molar-refractivity contribution in [3.05, 3.63) is 18.1 Å². The first-order valence-electron chi connectivity index (χ1n) is 9.03.